The summed E-state index contributed by atoms with van der Waals surface area (Å²) in [4.78, 5) is 11.4. The minimum atomic E-state index is -0.431. The van der Waals surface area contributed by atoms with Gasteiger partial charge in [0.15, 0.2) is 0 Å². The van der Waals surface area contributed by atoms with E-state index in [1.165, 1.54) is 7.11 Å². The fraction of sp³-hybridized carbons (Fsp3) is 0.154. The molecule has 1 aromatic heterocycles. The van der Waals surface area contributed by atoms with E-state index in [1.54, 1.807) is 24.3 Å². The SMILES string of the molecule is COC(=O)c1ccc2oc(/C(=C\F)CN)cc2c1. The fourth-order valence-electron chi connectivity index (χ4n) is 1.65. The number of methoxy groups -OCH3 is 1. The van der Waals surface area contributed by atoms with Crippen molar-refractivity contribution in [1.82, 2.24) is 0 Å². The molecule has 0 aliphatic heterocycles. The topological polar surface area (TPSA) is 65.5 Å². The van der Waals surface area contributed by atoms with Crippen LogP contribution in [0.4, 0.5) is 4.39 Å². The molecule has 2 aromatic rings. The van der Waals surface area contributed by atoms with Gasteiger partial charge < -0.3 is 14.9 Å². The summed E-state index contributed by atoms with van der Waals surface area (Å²) in [7, 11) is 1.31. The molecule has 0 aliphatic rings. The standard InChI is InChI=1S/C13H12FNO3/c1-17-13(16)8-2-3-11-9(4-8)5-12(18-11)10(6-14)7-15/h2-6H,7,15H2,1H3/b10-6-. The summed E-state index contributed by atoms with van der Waals surface area (Å²) in [5.74, 6) is -0.0725. The van der Waals surface area contributed by atoms with Crippen molar-refractivity contribution in [3.8, 4) is 0 Å². The molecule has 2 rings (SSSR count). The number of halogens is 1. The van der Waals surface area contributed by atoms with Crippen LogP contribution in [0.25, 0.3) is 16.5 Å². The number of esters is 1. The second-order valence-corrected chi connectivity index (χ2v) is 3.69. The van der Waals surface area contributed by atoms with E-state index in [0.717, 1.165) is 0 Å². The molecule has 94 valence electrons. The smallest absolute Gasteiger partial charge is 0.337 e. The first-order valence-electron chi connectivity index (χ1n) is 5.31. The van der Waals surface area contributed by atoms with Crippen LogP contribution in [0.2, 0.25) is 0 Å². The number of carbonyl (C=O) groups is 1. The number of carbonyl (C=O) groups excluding carboxylic acids is 1. The normalized spacial score (nSPS) is 11.8. The van der Waals surface area contributed by atoms with Crippen molar-refractivity contribution >= 4 is 22.5 Å². The highest BCUT2D eigenvalue weighted by atomic mass is 19.1. The lowest BCUT2D eigenvalue weighted by molar-refractivity contribution is 0.0601. The number of fused-ring (bicyclic) bond motifs is 1. The summed E-state index contributed by atoms with van der Waals surface area (Å²) in [6, 6.07) is 6.49. The Morgan fingerprint density at radius 3 is 2.89 bits per heavy atom. The Kier molecular flexibility index (Phi) is 3.43. The second-order valence-electron chi connectivity index (χ2n) is 3.69. The van der Waals surface area contributed by atoms with Crippen LogP contribution < -0.4 is 5.73 Å². The van der Waals surface area contributed by atoms with Crippen molar-refractivity contribution in [1.29, 1.82) is 0 Å². The minimum Gasteiger partial charge on any atom is -0.465 e. The van der Waals surface area contributed by atoms with Gasteiger partial charge in [-0.25, -0.2) is 9.18 Å². The number of furan rings is 1. The van der Waals surface area contributed by atoms with Crippen molar-refractivity contribution in [2.24, 2.45) is 5.73 Å². The first kappa shape index (κ1) is 12.3. The third kappa shape index (κ3) is 2.12. The molecular weight excluding hydrogens is 237 g/mol. The molecule has 0 radical (unpaired) electrons. The molecule has 0 bridgehead atoms. The minimum absolute atomic E-state index is 0.0418. The van der Waals surface area contributed by atoms with Gasteiger partial charge in [0.1, 0.15) is 11.3 Å². The Bertz CT molecular complexity index is 616. The van der Waals surface area contributed by atoms with Crippen LogP contribution in [0.15, 0.2) is 35.0 Å². The Morgan fingerprint density at radius 2 is 2.28 bits per heavy atom. The van der Waals surface area contributed by atoms with Gasteiger partial charge in [-0.3, -0.25) is 0 Å². The van der Waals surface area contributed by atoms with Gasteiger partial charge in [-0.05, 0) is 24.3 Å². The molecule has 0 fully saturated rings. The molecule has 0 unspecified atom stereocenters. The zero-order valence-electron chi connectivity index (χ0n) is 9.77. The lowest BCUT2D eigenvalue weighted by Crippen LogP contribution is -2.00. The van der Waals surface area contributed by atoms with Crippen LogP contribution in [-0.2, 0) is 4.74 Å². The average Bonchev–Trinajstić information content (AvgIpc) is 2.81. The predicted octanol–water partition coefficient (Wildman–Crippen LogP) is 2.49. The van der Waals surface area contributed by atoms with E-state index in [-0.39, 0.29) is 12.1 Å². The Labute approximate surface area is 103 Å². The van der Waals surface area contributed by atoms with E-state index in [2.05, 4.69) is 4.74 Å². The zero-order valence-corrected chi connectivity index (χ0v) is 9.77. The van der Waals surface area contributed by atoms with Crippen molar-refractivity contribution in [2.75, 3.05) is 13.7 Å². The Morgan fingerprint density at radius 1 is 1.50 bits per heavy atom. The Balaban J connectivity index is 2.49. The summed E-state index contributed by atoms with van der Waals surface area (Å²) in [5, 5.41) is 0.695. The summed E-state index contributed by atoms with van der Waals surface area (Å²) in [6.45, 7) is 0.0418. The van der Waals surface area contributed by atoms with Gasteiger partial charge in [0.05, 0.1) is 19.0 Å². The molecule has 1 aromatic carbocycles. The average molecular weight is 249 g/mol. The van der Waals surface area contributed by atoms with Gasteiger partial charge in [-0.1, -0.05) is 0 Å². The first-order valence-corrected chi connectivity index (χ1v) is 5.31. The molecule has 5 heteroatoms. The molecule has 4 nitrogen and oxygen atoms in total. The molecule has 0 aliphatic carbocycles. The number of benzene rings is 1. The first-order chi connectivity index (χ1) is 8.69. The largest absolute Gasteiger partial charge is 0.465 e. The summed E-state index contributed by atoms with van der Waals surface area (Å²) in [6.07, 6.45) is 0.416. The lowest BCUT2D eigenvalue weighted by atomic mass is 10.1. The van der Waals surface area contributed by atoms with Crippen LogP contribution in [0.1, 0.15) is 16.1 Å². The van der Waals surface area contributed by atoms with Crippen LogP contribution >= 0.6 is 0 Å². The molecule has 0 atom stereocenters. The van der Waals surface area contributed by atoms with Crippen LogP contribution in [-0.4, -0.2) is 19.6 Å². The maximum absolute atomic E-state index is 12.6. The summed E-state index contributed by atoms with van der Waals surface area (Å²) in [5.41, 5.74) is 6.64. The molecular formula is C13H12FNO3. The molecule has 1 heterocycles. The molecule has 18 heavy (non-hydrogen) atoms. The summed E-state index contributed by atoms with van der Waals surface area (Å²) < 4.78 is 22.6. The molecule has 0 spiro atoms. The van der Waals surface area contributed by atoms with Crippen molar-refractivity contribution in [3.05, 3.63) is 41.9 Å². The van der Waals surface area contributed by atoms with Crippen LogP contribution in [0.3, 0.4) is 0 Å². The van der Waals surface area contributed by atoms with Crippen LogP contribution in [0, 0.1) is 0 Å². The van der Waals surface area contributed by atoms with Gasteiger partial charge in [-0.15, -0.1) is 0 Å². The molecule has 0 saturated carbocycles. The fourth-order valence-corrected chi connectivity index (χ4v) is 1.65. The Hall–Kier alpha value is -2.14. The third-order valence-corrected chi connectivity index (χ3v) is 2.61. The van der Waals surface area contributed by atoms with E-state index in [4.69, 9.17) is 10.2 Å². The number of hydrogen-bond acceptors (Lipinski definition) is 4. The van der Waals surface area contributed by atoms with Gasteiger partial charge in [-0.2, -0.15) is 0 Å². The van der Waals surface area contributed by atoms with Crippen molar-refractivity contribution < 1.29 is 18.3 Å². The van der Waals surface area contributed by atoms with E-state index in [1.807, 2.05) is 0 Å². The number of ether oxygens (including phenoxy) is 1. The number of rotatable bonds is 3. The highest BCUT2D eigenvalue weighted by Crippen LogP contribution is 2.25. The van der Waals surface area contributed by atoms with E-state index < -0.39 is 5.97 Å². The lowest BCUT2D eigenvalue weighted by Gasteiger charge is -1.97. The van der Waals surface area contributed by atoms with Gasteiger partial charge in [0.2, 0.25) is 0 Å². The van der Waals surface area contributed by atoms with Crippen molar-refractivity contribution in [3.63, 3.8) is 0 Å². The molecule has 0 saturated heterocycles. The van der Waals surface area contributed by atoms with E-state index in [9.17, 15) is 9.18 Å². The number of nitrogens with two attached hydrogens (primary N) is 1. The predicted molar refractivity (Wildman–Crippen MR) is 65.7 cm³/mol. The third-order valence-electron chi connectivity index (χ3n) is 2.61. The highest BCUT2D eigenvalue weighted by Gasteiger charge is 2.11. The van der Waals surface area contributed by atoms with E-state index >= 15 is 0 Å². The summed E-state index contributed by atoms with van der Waals surface area (Å²) >= 11 is 0. The van der Waals surface area contributed by atoms with Crippen LogP contribution in [0.5, 0.6) is 0 Å². The van der Waals surface area contributed by atoms with Gasteiger partial charge in [0, 0.05) is 17.5 Å². The van der Waals surface area contributed by atoms with Crippen molar-refractivity contribution in [2.45, 2.75) is 0 Å². The second kappa shape index (κ2) is 5.01. The van der Waals surface area contributed by atoms with E-state index in [0.29, 0.717) is 28.6 Å². The zero-order chi connectivity index (χ0) is 13.1. The maximum Gasteiger partial charge on any atom is 0.337 e. The highest BCUT2D eigenvalue weighted by molar-refractivity contribution is 5.94. The molecule has 2 N–H and O–H groups in total. The molecule has 0 amide bonds. The quantitative estimate of drug-likeness (QED) is 0.849. The van der Waals surface area contributed by atoms with Gasteiger partial charge >= 0.3 is 5.97 Å². The van der Waals surface area contributed by atoms with Gasteiger partial charge in [0.25, 0.3) is 0 Å². The number of hydrogen-bond donors (Lipinski definition) is 1. The maximum atomic E-state index is 12.6. The monoisotopic (exact) mass is 249 g/mol.